The summed E-state index contributed by atoms with van der Waals surface area (Å²) in [5, 5.41) is 0. The first-order valence-corrected chi connectivity index (χ1v) is 6.55. The third-order valence-electron chi connectivity index (χ3n) is 2.65. The number of benzene rings is 1. The zero-order chi connectivity index (χ0) is 12.5. The molecule has 0 aliphatic rings. The molecule has 0 heterocycles. The zero-order valence-corrected chi connectivity index (χ0v) is 10.9. The lowest BCUT2D eigenvalue weighted by Crippen LogP contribution is -2.33. The standard InChI is InChI=1S/C11H18N2O2S/c1-8(2)13(4)16(14,15)10-6-5-9(3)11(12)7-10/h5-8H,12H2,1-4H3. The van der Waals surface area contributed by atoms with Crippen molar-refractivity contribution in [1.29, 1.82) is 0 Å². The number of hydrogen-bond acceptors (Lipinski definition) is 3. The molecule has 0 saturated carbocycles. The molecule has 1 aromatic rings. The lowest BCUT2D eigenvalue weighted by molar-refractivity contribution is 0.410. The van der Waals surface area contributed by atoms with Crippen LogP contribution in [-0.2, 0) is 10.0 Å². The highest BCUT2D eigenvalue weighted by molar-refractivity contribution is 7.89. The lowest BCUT2D eigenvalue weighted by Gasteiger charge is -2.21. The molecule has 1 rings (SSSR count). The number of nitrogens with two attached hydrogens (primary N) is 1. The summed E-state index contributed by atoms with van der Waals surface area (Å²) in [4.78, 5) is 0.242. The highest BCUT2D eigenvalue weighted by atomic mass is 32.2. The third kappa shape index (κ3) is 2.36. The molecular formula is C11H18N2O2S. The molecule has 0 spiro atoms. The van der Waals surface area contributed by atoms with Gasteiger partial charge in [-0.1, -0.05) is 6.07 Å². The van der Waals surface area contributed by atoms with E-state index >= 15 is 0 Å². The van der Waals surface area contributed by atoms with Gasteiger partial charge in [0, 0.05) is 18.8 Å². The van der Waals surface area contributed by atoms with Gasteiger partial charge in [0.1, 0.15) is 0 Å². The summed E-state index contributed by atoms with van der Waals surface area (Å²) in [6.07, 6.45) is 0. The molecule has 0 atom stereocenters. The molecule has 5 heteroatoms. The largest absolute Gasteiger partial charge is 0.398 e. The number of aryl methyl sites for hydroxylation is 1. The molecule has 1 aromatic carbocycles. The predicted molar refractivity (Wildman–Crippen MR) is 65.7 cm³/mol. The lowest BCUT2D eigenvalue weighted by atomic mass is 10.2. The van der Waals surface area contributed by atoms with Crippen molar-refractivity contribution in [2.45, 2.75) is 31.7 Å². The van der Waals surface area contributed by atoms with Crippen LogP contribution in [0.1, 0.15) is 19.4 Å². The molecule has 0 unspecified atom stereocenters. The first-order valence-electron chi connectivity index (χ1n) is 5.11. The molecule has 2 N–H and O–H groups in total. The summed E-state index contributed by atoms with van der Waals surface area (Å²) < 4.78 is 25.5. The summed E-state index contributed by atoms with van der Waals surface area (Å²) in [7, 11) is -1.86. The van der Waals surface area contributed by atoms with E-state index in [0.29, 0.717) is 5.69 Å². The van der Waals surface area contributed by atoms with Gasteiger partial charge in [-0.2, -0.15) is 4.31 Å². The average Bonchev–Trinajstić information content (AvgIpc) is 2.20. The van der Waals surface area contributed by atoms with E-state index < -0.39 is 10.0 Å². The molecule has 90 valence electrons. The average molecular weight is 242 g/mol. The fourth-order valence-electron chi connectivity index (χ4n) is 1.22. The van der Waals surface area contributed by atoms with E-state index in [1.165, 1.54) is 10.4 Å². The van der Waals surface area contributed by atoms with Crippen molar-refractivity contribution in [3.05, 3.63) is 23.8 Å². The van der Waals surface area contributed by atoms with Crippen LogP contribution in [0.25, 0.3) is 0 Å². The second-order valence-electron chi connectivity index (χ2n) is 4.13. The fraction of sp³-hybridized carbons (Fsp3) is 0.455. The van der Waals surface area contributed by atoms with Crippen LogP contribution in [-0.4, -0.2) is 25.8 Å². The Morgan fingerprint density at radius 2 is 1.88 bits per heavy atom. The highest BCUT2D eigenvalue weighted by Crippen LogP contribution is 2.21. The van der Waals surface area contributed by atoms with E-state index in [1.807, 2.05) is 20.8 Å². The van der Waals surface area contributed by atoms with Gasteiger partial charge in [0.05, 0.1) is 4.90 Å². The smallest absolute Gasteiger partial charge is 0.243 e. The Morgan fingerprint density at radius 1 is 1.31 bits per heavy atom. The summed E-state index contributed by atoms with van der Waals surface area (Å²) in [6, 6.07) is 4.73. The van der Waals surface area contributed by atoms with E-state index in [9.17, 15) is 8.42 Å². The van der Waals surface area contributed by atoms with Crippen LogP contribution in [0, 0.1) is 6.92 Å². The summed E-state index contributed by atoms with van der Waals surface area (Å²) in [6.45, 7) is 5.50. The monoisotopic (exact) mass is 242 g/mol. The maximum atomic E-state index is 12.1. The van der Waals surface area contributed by atoms with Gasteiger partial charge in [0.2, 0.25) is 10.0 Å². The first-order chi connectivity index (χ1) is 7.26. The third-order valence-corrected chi connectivity index (χ3v) is 4.68. The van der Waals surface area contributed by atoms with Crippen molar-refractivity contribution in [1.82, 2.24) is 4.31 Å². The van der Waals surface area contributed by atoms with E-state index in [2.05, 4.69) is 0 Å². The van der Waals surface area contributed by atoms with Gasteiger partial charge in [0.25, 0.3) is 0 Å². The molecule has 0 aliphatic heterocycles. The molecule has 0 radical (unpaired) electrons. The first kappa shape index (κ1) is 13.0. The van der Waals surface area contributed by atoms with Crippen LogP contribution in [0.15, 0.2) is 23.1 Å². The number of nitrogens with zero attached hydrogens (tertiary/aromatic N) is 1. The van der Waals surface area contributed by atoms with Crippen LogP contribution in [0.4, 0.5) is 5.69 Å². The highest BCUT2D eigenvalue weighted by Gasteiger charge is 2.23. The SMILES string of the molecule is Cc1ccc(S(=O)(=O)N(C)C(C)C)cc1N. The van der Waals surface area contributed by atoms with Crippen LogP contribution >= 0.6 is 0 Å². The number of hydrogen-bond donors (Lipinski definition) is 1. The van der Waals surface area contributed by atoms with Crippen molar-refractivity contribution >= 4 is 15.7 Å². The number of nitrogen functional groups attached to an aromatic ring is 1. The van der Waals surface area contributed by atoms with Crippen LogP contribution < -0.4 is 5.73 Å². The predicted octanol–water partition coefficient (Wildman–Crippen LogP) is 1.61. The van der Waals surface area contributed by atoms with Crippen molar-refractivity contribution < 1.29 is 8.42 Å². The minimum atomic E-state index is -3.42. The Morgan fingerprint density at radius 3 is 2.31 bits per heavy atom. The van der Waals surface area contributed by atoms with Crippen LogP contribution in [0.5, 0.6) is 0 Å². The van der Waals surface area contributed by atoms with Crippen molar-refractivity contribution in [3.63, 3.8) is 0 Å². The molecule has 0 aliphatic carbocycles. The van der Waals surface area contributed by atoms with Gasteiger partial charge < -0.3 is 5.73 Å². The van der Waals surface area contributed by atoms with Gasteiger partial charge in [-0.15, -0.1) is 0 Å². The number of rotatable bonds is 3. The Labute approximate surface area is 97.1 Å². The normalized spacial score (nSPS) is 12.4. The molecule has 0 bridgehead atoms. The van der Waals surface area contributed by atoms with Crippen LogP contribution in [0.2, 0.25) is 0 Å². The van der Waals surface area contributed by atoms with Gasteiger partial charge in [-0.25, -0.2) is 8.42 Å². The maximum absolute atomic E-state index is 12.1. The van der Waals surface area contributed by atoms with Gasteiger partial charge in [-0.05, 0) is 38.5 Å². The Bertz CT molecular complexity index is 481. The number of anilines is 1. The number of sulfonamides is 1. The Hall–Kier alpha value is -1.07. The minimum Gasteiger partial charge on any atom is -0.398 e. The van der Waals surface area contributed by atoms with Gasteiger partial charge >= 0.3 is 0 Å². The van der Waals surface area contributed by atoms with Gasteiger partial charge in [0.15, 0.2) is 0 Å². The molecule has 0 amide bonds. The molecule has 0 saturated heterocycles. The fourth-order valence-corrected chi connectivity index (χ4v) is 2.63. The molecule has 0 aromatic heterocycles. The Balaban J connectivity index is 3.23. The quantitative estimate of drug-likeness (QED) is 0.819. The topological polar surface area (TPSA) is 63.4 Å². The molecule has 4 nitrogen and oxygen atoms in total. The molecule has 16 heavy (non-hydrogen) atoms. The maximum Gasteiger partial charge on any atom is 0.243 e. The van der Waals surface area contributed by atoms with E-state index in [-0.39, 0.29) is 10.9 Å². The summed E-state index contributed by atoms with van der Waals surface area (Å²) in [5.41, 5.74) is 7.09. The van der Waals surface area contributed by atoms with Crippen LogP contribution in [0.3, 0.4) is 0 Å². The second kappa shape index (κ2) is 4.43. The second-order valence-corrected chi connectivity index (χ2v) is 6.13. The van der Waals surface area contributed by atoms with E-state index in [1.54, 1.807) is 19.2 Å². The minimum absolute atomic E-state index is 0.0764. The summed E-state index contributed by atoms with van der Waals surface area (Å²) >= 11 is 0. The Kier molecular flexibility index (Phi) is 3.60. The van der Waals surface area contributed by atoms with E-state index in [4.69, 9.17) is 5.73 Å². The van der Waals surface area contributed by atoms with Crippen molar-refractivity contribution in [2.75, 3.05) is 12.8 Å². The van der Waals surface area contributed by atoms with Crippen molar-refractivity contribution in [2.24, 2.45) is 0 Å². The van der Waals surface area contributed by atoms with Gasteiger partial charge in [-0.3, -0.25) is 0 Å². The van der Waals surface area contributed by atoms with Crippen molar-refractivity contribution in [3.8, 4) is 0 Å². The molecule has 0 fully saturated rings. The molecular weight excluding hydrogens is 224 g/mol. The van der Waals surface area contributed by atoms with E-state index in [0.717, 1.165) is 5.56 Å². The summed E-state index contributed by atoms with van der Waals surface area (Å²) in [5.74, 6) is 0. The zero-order valence-electron chi connectivity index (χ0n) is 10.1.